The van der Waals surface area contributed by atoms with Gasteiger partial charge in [-0.25, -0.2) is 5.84 Å². The van der Waals surface area contributed by atoms with Crippen molar-refractivity contribution in [1.29, 1.82) is 5.26 Å². The van der Waals surface area contributed by atoms with Crippen molar-refractivity contribution in [3.05, 3.63) is 105 Å². The van der Waals surface area contributed by atoms with Crippen LogP contribution in [-0.4, -0.2) is 60.6 Å². The zero-order valence-corrected chi connectivity index (χ0v) is 31.1. The van der Waals surface area contributed by atoms with Gasteiger partial charge in [-0.15, -0.1) is 0 Å². The minimum Gasteiger partial charge on any atom is -0.493 e. The third-order valence-electron chi connectivity index (χ3n) is 9.31. The number of hydrogen-bond acceptors (Lipinski definition) is 10. The maximum atomic E-state index is 9.32. The molecule has 1 aliphatic rings. The average molecular weight is 725 g/mol. The summed E-state index contributed by atoms with van der Waals surface area (Å²) in [6.45, 7) is 9.99. The van der Waals surface area contributed by atoms with Gasteiger partial charge in [0.2, 0.25) is 0 Å². The van der Waals surface area contributed by atoms with Crippen molar-refractivity contribution in [2.24, 2.45) is 16.8 Å². The van der Waals surface area contributed by atoms with Gasteiger partial charge in [0.05, 0.1) is 17.2 Å². The van der Waals surface area contributed by atoms with Crippen LogP contribution in [-0.2, 0) is 19.8 Å². The highest BCUT2D eigenvalue weighted by Gasteiger charge is 2.16. The van der Waals surface area contributed by atoms with Gasteiger partial charge in [-0.05, 0) is 92.2 Å². The second-order valence-electron chi connectivity index (χ2n) is 13.0. The Kier molecular flexibility index (Phi) is 14.1. The van der Waals surface area contributed by atoms with E-state index < -0.39 is 0 Å². The second-order valence-corrected chi connectivity index (χ2v) is 13.4. The summed E-state index contributed by atoms with van der Waals surface area (Å²) in [6.07, 6.45) is 7.36. The monoisotopic (exact) mass is 724 g/mol. The Hall–Kier alpha value is -4.86. The Morgan fingerprint density at radius 3 is 2.46 bits per heavy atom. The number of pyridine rings is 1. The van der Waals surface area contributed by atoms with E-state index in [9.17, 15) is 5.26 Å². The second kappa shape index (κ2) is 19.1. The first-order valence-corrected chi connectivity index (χ1v) is 18.1. The minimum absolute atomic E-state index is 0.209. The number of ether oxygens (including phenoxy) is 3. The number of rotatable bonds is 17. The van der Waals surface area contributed by atoms with Gasteiger partial charge in [0.25, 0.3) is 0 Å². The van der Waals surface area contributed by atoms with Gasteiger partial charge in [0.15, 0.2) is 0 Å². The molecule has 0 atom stereocenters. The van der Waals surface area contributed by atoms with E-state index >= 15 is 0 Å². The van der Waals surface area contributed by atoms with Crippen molar-refractivity contribution in [2.45, 2.75) is 59.3 Å². The van der Waals surface area contributed by atoms with E-state index in [1.54, 1.807) is 19.3 Å². The molecule has 0 unspecified atom stereocenters. The molecule has 5 rings (SSSR count). The normalized spacial score (nSPS) is 13.2. The summed E-state index contributed by atoms with van der Waals surface area (Å²) in [5, 5.41) is 18.3. The Labute approximate surface area is 312 Å². The van der Waals surface area contributed by atoms with E-state index in [0.717, 1.165) is 57.7 Å². The number of hydrazone groups is 1. The van der Waals surface area contributed by atoms with Gasteiger partial charge in [-0.1, -0.05) is 41.9 Å². The number of nitrogens with one attached hydrogen (secondary N) is 1. The van der Waals surface area contributed by atoms with Crippen molar-refractivity contribution < 1.29 is 14.2 Å². The van der Waals surface area contributed by atoms with Gasteiger partial charge in [0, 0.05) is 62.7 Å². The first kappa shape index (κ1) is 38.4. The fourth-order valence-corrected chi connectivity index (χ4v) is 6.57. The predicted octanol–water partition coefficient (Wildman–Crippen LogP) is 6.47. The Balaban J connectivity index is 1.29. The van der Waals surface area contributed by atoms with Crippen molar-refractivity contribution in [3.63, 3.8) is 0 Å². The number of nitrogens with two attached hydrogens (primary N) is 2. The first-order chi connectivity index (χ1) is 25.3. The third-order valence-corrected chi connectivity index (χ3v) is 9.60. The van der Waals surface area contributed by atoms with Gasteiger partial charge in [0.1, 0.15) is 42.4 Å². The number of nitrogens with zero attached hydrogens (tertiary/aromatic N) is 5. The van der Waals surface area contributed by atoms with Crippen LogP contribution >= 0.6 is 11.6 Å². The van der Waals surface area contributed by atoms with Gasteiger partial charge >= 0.3 is 0 Å². The topological polar surface area (TPSA) is 147 Å². The van der Waals surface area contributed by atoms with Crippen LogP contribution in [0.4, 0.5) is 0 Å². The molecule has 1 saturated heterocycles. The number of likely N-dealkylation sites (tertiary alicyclic amines) is 1. The lowest BCUT2D eigenvalue weighted by Crippen LogP contribution is -2.36. The molecular weight excluding hydrogens is 676 g/mol. The van der Waals surface area contributed by atoms with E-state index in [4.69, 9.17) is 37.5 Å². The van der Waals surface area contributed by atoms with Crippen LogP contribution < -0.4 is 31.2 Å². The highest BCUT2D eigenvalue weighted by Crippen LogP contribution is 2.36. The maximum Gasteiger partial charge on any atom is 0.142 e. The molecule has 1 aliphatic heterocycles. The van der Waals surface area contributed by atoms with E-state index in [1.165, 1.54) is 37.1 Å². The Morgan fingerprint density at radius 1 is 0.962 bits per heavy atom. The molecule has 1 fully saturated rings. The minimum atomic E-state index is 0.209. The molecule has 11 nitrogen and oxygen atoms in total. The fourth-order valence-electron chi connectivity index (χ4n) is 6.33. The molecule has 12 heteroatoms. The lowest BCUT2D eigenvalue weighted by atomic mass is 9.93. The smallest absolute Gasteiger partial charge is 0.142 e. The summed E-state index contributed by atoms with van der Waals surface area (Å²) in [5.41, 5.74) is 7.62. The number of amidine groups is 1. The summed E-state index contributed by atoms with van der Waals surface area (Å²) < 4.78 is 18.9. The zero-order chi connectivity index (χ0) is 36.9. The SMILES string of the molecule is Cc1c(COc2cc(OCc3cncc(C#N)c3)c(CNCC/C(=N/N)N(C)N)cc2Cl)cccc1-c1cccc(OCCCN2CCCC2)c1C. The molecule has 4 aromatic rings. The molecule has 0 aliphatic carbocycles. The number of hydrazine groups is 1. The molecule has 0 amide bonds. The highest BCUT2D eigenvalue weighted by molar-refractivity contribution is 6.32. The average Bonchev–Trinajstić information content (AvgIpc) is 3.67. The van der Waals surface area contributed by atoms with Crippen LogP contribution in [0, 0.1) is 25.2 Å². The fraction of sp³-hybridized carbons (Fsp3) is 0.375. The Bertz CT molecular complexity index is 1870. The largest absolute Gasteiger partial charge is 0.493 e. The van der Waals surface area contributed by atoms with Crippen molar-refractivity contribution >= 4 is 17.4 Å². The van der Waals surface area contributed by atoms with Gasteiger partial charge < -0.3 is 35.3 Å². The van der Waals surface area contributed by atoms with Crippen molar-refractivity contribution in [2.75, 3.05) is 39.8 Å². The van der Waals surface area contributed by atoms with Crippen molar-refractivity contribution in [3.8, 4) is 34.4 Å². The molecule has 3 aromatic carbocycles. The van der Waals surface area contributed by atoms with Crippen LogP contribution in [0.1, 0.15) is 59.1 Å². The summed E-state index contributed by atoms with van der Waals surface area (Å²) >= 11 is 6.82. The molecular formula is C40H49ClN8O3. The lowest BCUT2D eigenvalue weighted by molar-refractivity contribution is 0.262. The number of hydrogen-bond donors (Lipinski definition) is 3. The summed E-state index contributed by atoms with van der Waals surface area (Å²) in [6, 6.07) is 20.1. The quantitative estimate of drug-likeness (QED) is 0.0364. The lowest BCUT2D eigenvalue weighted by Gasteiger charge is -2.19. The van der Waals surface area contributed by atoms with Gasteiger partial charge in [-0.2, -0.15) is 10.4 Å². The molecule has 2 heterocycles. The van der Waals surface area contributed by atoms with Crippen LogP contribution in [0.25, 0.3) is 11.1 Å². The van der Waals surface area contributed by atoms with Crippen LogP contribution in [0.5, 0.6) is 17.2 Å². The molecule has 0 radical (unpaired) electrons. The number of aromatic nitrogens is 1. The highest BCUT2D eigenvalue weighted by atomic mass is 35.5. The number of benzene rings is 3. The molecule has 0 bridgehead atoms. The van der Waals surface area contributed by atoms with E-state index in [-0.39, 0.29) is 6.61 Å². The molecule has 52 heavy (non-hydrogen) atoms. The molecule has 1 aromatic heterocycles. The summed E-state index contributed by atoms with van der Waals surface area (Å²) in [5.74, 6) is 13.8. The Morgan fingerprint density at radius 2 is 1.71 bits per heavy atom. The van der Waals surface area contributed by atoms with Crippen molar-refractivity contribution in [1.82, 2.24) is 20.2 Å². The standard InChI is InChI=1S/C40H49ClN8O3/c1-28-32(9-6-10-34(28)35-11-7-12-37(29(35)2)50-18-8-17-49-15-4-5-16-49)27-52-39-21-38(51-26-31-19-30(22-42)23-46-24-31)33(20-36(39)41)25-45-14-13-40(47-43)48(3)44/h6-7,9-12,19-21,23-24,45H,4-5,8,13-18,25-27,43-44H2,1-3H3/b47-40-. The molecule has 0 spiro atoms. The predicted molar refractivity (Wildman–Crippen MR) is 206 cm³/mol. The number of nitriles is 1. The van der Waals surface area contributed by atoms with E-state index in [0.29, 0.717) is 60.6 Å². The third kappa shape index (κ3) is 10.4. The maximum absolute atomic E-state index is 9.32. The molecule has 274 valence electrons. The zero-order valence-electron chi connectivity index (χ0n) is 30.3. The van der Waals surface area contributed by atoms with E-state index in [1.807, 2.05) is 12.1 Å². The summed E-state index contributed by atoms with van der Waals surface area (Å²) in [7, 11) is 1.69. The van der Waals surface area contributed by atoms with Gasteiger partial charge in [-0.3, -0.25) is 4.98 Å². The first-order valence-electron chi connectivity index (χ1n) is 17.7. The van der Waals surface area contributed by atoms with E-state index in [2.05, 4.69) is 76.6 Å². The number of halogens is 1. The van der Waals surface area contributed by atoms with Crippen LogP contribution in [0.2, 0.25) is 5.02 Å². The van der Waals surface area contributed by atoms with Crippen LogP contribution in [0.3, 0.4) is 0 Å². The summed E-state index contributed by atoms with van der Waals surface area (Å²) in [4.78, 5) is 6.67. The molecule has 5 N–H and O–H groups in total. The van der Waals surface area contributed by atoms with Crippen LogP contribution in [0.15, 0.2) is 72.1 Å². The molecule has 0 saturated carbocycles.